The van der Waals surface area contributed by atoms with Crippen LogP contribution in [0.4, 0.5) is 0 Å². The van der Waals surface area contributed by atoms with Gasteiger partial charge in [0.05, 0.1) is 11.8 Å². The molecule has 2 heterocycles. The van der Waals surface area contributed by atoms with Crippen LogP contribution in [0.15, 0.2) is 0 Å². The predicted molar refractivity (Wildman–Crippen MR) is 99.3 cm³/mol. The molecule has 0 radical (unpaired) electrons. The van der Waals surface area contributed by atoms with Gasteiger partial charge in [-0.1, -0.05) is 19.3 Å². The van der Waals surface area contributed by atoms with Gasteiger partial charge in [0.2, 0.25) is 17.7 Å². The normalized spacial score (nSPS) is 27.5. The number of likely N-dealkylation sites (tertiary alicyclic amines) is 2. The lowest BCUT2D eigenvalue weighted by Crippen LogP contribution is -2.53. The van der Waals surface area contributed by atoms with Crippen LogP contribution >= 0.6 is 0 Å². The second-order valence-corrected chi connectivity index (χ2v) is 8.71. The van der Waals surface area contributed by atoms with E-state index in [0.717, 1.165) is 38.8 Å². The van der Waals surface area contributed by atoms with E-state index in [-0.39, 0.29) is 48.1 Å². The Morgan fingerprint density at radius 1 is 1.00 bits per heavy atom. The van der Waals surface area contributed by atoms with Crippen LogP contribution in [0.5, 0.6) is 0 Å². The number of hydrogen-bond acceptors (Lipinski definition) is 4. The van der Waals surface area contributed by atoms with E-state index in [1.165, 1.54) is 24.2 Å². The lowest BCUT2D eigenvalue weighted by Gasteiger charge is -2.41. The van der Waals surface area contributed by atoms with Crippen LogP contribution in [0.2, 0.25) is 0 Å². The molecule has 0 spiro atoms. The van der Waals surface area contributed by atoms with Crippen molar-refractivity contribution in [3.05, 3.63) is 0 Å². The van der Waals surface area contributed by atoms with Gasteiger partial charge >= 0.3 is 0 Å². The van der Waals surface area contributed by atoms with Crippen molar-refractivity contribution < 1.29 is 14.4 Å². The highest BCUT2D eigenvalue weighted by Crippen LogP contribution is 2.37. The van der Waals surface area contributed by atoms with Gasteiger partial charge in [0.1, 0.15) is 0 Å². The Bertz CT molecular complexity index is 531. The third-order valence-corrected chi connectivity index (χ3v) is 6.43. The molecule has 1 N–H and O–H groups in total. The average Bonchev–Trinajstić information content (AvgIpc) is 2.90. The Kier molecular flexibility index (Phi) is 6.00. The summed E-state index contributed by atoms with van der Waals surface area (Å²) in [5.41, 5.74) is -0.0652. The lowest BCUT2D eigenvalue weighted by atomic mass is 9.81. The highest BCUT2D eigenvalue weighted by molar-refractivity contribution is 6.05. The number of imide groups is 1. The summed E-state index contributed by atoms with van der Waals surface area (Å²) >= 11 is 0. The molecule has 2 saturated heterocycles. The Labute approximate surface area is 156 Å². The second kappa shape index (κ2) is 8.07. The van der Waals surface area contributed by atoms with E-state index in [2.05, 4.69) is 24.1 Å². The number of nitrogens with zero attached hydrogens (tertiary/aromatic N) is 2. The molecule has 6 heteroatoms. The van der Waals surface area contributed by atoms with Crippen LogP contribution in [0.1, 0.15) is 65.2 Å². The molecule has 1 saturated carbocycles. The largest absolute Gasteiger partial charge is 0.354 e. The molecular weight excluding hydrogens is 330 g/mol. The van der Waals surface area contributed by atoms with E-state index >= 15 is 0 Å². The molecule has 0 aromatic heterocycles. The molecule has 3 fully saturated rings. The van der Waals surface area contributed by atoms with Crippen molar-refractivity contribution in [2.75, 3.05) is 26.2 Å². The van der Waals surface area contributed by atoms with Gasteiger partial charge in [-0.2, -0.15) is 0 Å². The summed E-state index contributed by atoms with van der Waals surface area (Å²) < 4.78 is 0. The van der Waals surface area contributed by atoms with Gasteiger partial charge in [-0.25, -0.2) is 0 Å². The molecule has 6 nitrogen and oxygen atoms in total. The zero-order valence-electron chi connectivity index (χ0n) is 16.3. The maximum atomic E-state index is 12.5. The Morgan fingerprint density at radius 2 is 1.58 bits per heavy atom. The minimum atomic E-state index is -0.127. The van der Waals surface area contributed by atoms with Crippen molar-refractivity contribution in [3.63, 3.8) is 0 Å². The number of piperidine rings is 1. The van der Waals surface area contributed by atoms with Gasteiger partial charge in [0.15, 0.2) is 0 Å². The number of amides is 3. The minimum Gasteiger partial charge on any atom is -0.354 e. The molecule has 0 aromatic carbocycles. The van der Waals surface area contributed by atoms with Crippen LogP contribution in [0.3, 0.4) is 0 Å². The highest BCUT2D eigenvalue weighted by atomic mass is 16.2. The van der Waals surface area contributed by atoms with E-state index in [1.807, 2.05) is 0 Å². The van der Waals surface area contributed by atoms with Gasteiger partial charge in [-0.05, 0) is 52.6 Å². The summed E-state index contributed by atoms with van der Waals surface area (Å²) in [5, 5.41) is 3.01. The second-order valence-electron chi connectivity index (χ2n) is 8.71. The van der Waals surface area contributed by atoms with Crippen molar-refractivity contribution in [2.45, 2.75) is 70.8 Å². The first-order chi connectivity index (χ1) is 12.4. The van der Waals surface area contributed by atoms with Crippen molar-refractivity contribution >= 4 is 17.7 Å². The summed E-state index contributed by atoms with van der Waals surface area (Å²) in [6, 6.07) is 0. The first-order valence-electron chi connectivity index (χ1n) is 10.3. The highest BCUT2D eigenvalue weighted by Gasteiger charge is 2.47. The zero-order chi connectivity index (χ0) is 18.7. The van der Waals surface area contributed by atoms with Crippen LogP contribution in [-0.4, -0.2) is 59.2 Å². The van der Waals surface area contributed by atoms with Gasteiger partial charge in [0.25, 0.3) is 0 Å². The number of rotatable bonds is 6. The molecule has 2 unspecified atom stereocenters. The topological polar surface area (TPSA) is 69.7 Å². The number of fused-ring (bicyclic) bond motifs is 1. The first kappa shape index (κ1) is 19.3. The van der Waals surface area contributed by atoms with Crippen molar-refractivity contribution in [1.29, 1.82) is 0 Å². The summed E-state index contributed by atoms with van der Waals surface area (Å²) in [5.74, 6) is -0.442. The molecule has 2 aliphatic heterocycles. The third kappa shape index (κ3) is 4.11. The lowest BCUT2D eigenvalue weighted by molar-refractivity contribution is -0.140. The fourth-order valence-electron chi connectivity index (χ4n) is 4.68. The summed E-state index contributed by atoms with van der Waals surface area (Å²) in [6.07, 6.45) is 7.63. The maximum absolute atomic E-state index is 12.5. The SMILES string of the molecule is CC(C)(CNC(=O)CCN1C(=O)C2CCCCC2C1=O)N1CCCCC1. The van der Waals surface area contributed by atoms with E-state index in [0.29, 0.717) is 6.54 Å². The first-order valence-corrected chi connectivity index (χ1v) is 10.3. The molecule has 3 aliphatic rings. The molecule has 2 atom stereocenters. The monoisotopic (exact) mass is 363 g/mol. The van der Waals surface area contributed by atoms with Gasteiger partial charge in [0, 0.05) is 25.0 Å². The Morgan fingerprint density at radius 3 is 2.15 bits per heavy atom. The molecule has 0 aromatic rings. The Balaban J connectivity index is 1.45. The zero-order valence-corrected chi connectivity index (χ0v) is 16.3. The van der Waals surface area contributed by atoms with Crippen molar-refractivity contribution in [2.24, 2.45) is 11.8 Å². The summed E-state index contributed by atoms with van der Waals surface area (Å²) in [7, 11) is 0. The van der Waals surface area contributed by atoms with Crippen LogP contribution < -0.4 is 5.32 Å². The van der Waals surface area contributed by atoms with E-state index in [9.17, 15) is 14.4 Å². The maximum Gasteiger partial charge on any atom is 0.233 e. The minimum absolute atomic E-state index is 0.0545. The molecule has 1 aliphatic carbocycles. The number of carbonyl (C=O) groups is 3. The Hall–Kier alpha value is -1.43. The smallest absolute Gasteiger partial charge is 0.233 e. The van der Waals surface area contributed by atoms with E-state index in [4.69, 9.17) is 0 Å². The molecule has 26 heavy (non-hydrogen) atoms. The van der Waals surface area contributed by atoms with E-state index in [1.54, 1.807) is 0 Å². The number of carbonyl (C=O) groups excluding carboxylic acids is 3. The predicted octanol–water partition coefficient (Wildman–Crippen LogP) is 1.93. The molecule has 3 rings (SSSR count). The molecular formula is C20H33N3O3. The van der Waals surface area contributed by atoms with Gasteiger partial charge in [-0.3, -0.25) is 24.2 Å². The molecule has 146 valence electrons. The standard InChI is InChI=1S/C20H33N3O3/c1-20(2,22-11-6-3-7-12-22)14-21-17(24)10-13-23-18(25)15-8-4-5-9-16(15)19(23)26/h15-16H,3-14H2,1-2H3,(H,21,24). The average molecular weight is 364 g/mol. The quantitative estimate of drug-likeness (QED) is 0.732. The fourth-order valence-corrected chi connectivity index (χ4v) is 4.68. The number of nitrogens with one attached hydrogen (secondary N) is 1. The van der Waals surface area contributed by atoms with E-state index < -0.39 is 0 Å². The summed E-state index contributed by atoms with van der Waals surface area (Å²) in [6.45, 7) is 7.32. The van der Waals surface area contributed by atoms with Crippen LogP contribution in [0.25, 0.3) is 0 Å². The van der Waals surface area contributed by atoms with Gasteiger partial charge in [-0.15, -0.1) is 0 Å². The van der Waals surface area contributed by atoms with Crippen molar-refractivity contribution in [1.82, 2.24) is 15.1 Å². The van der Waals surface area contributed by atoms with Crippen LogP contribution in [-0.2, 0) is 14.4 Å². The third-order valence-electron chi connectivity index (χ3n) is 6.43. The van der Waals surface area contributed by atoms with Crippen LogP contribution in [0, 0.1) is 11.8 Å². The fraction of sp³-hybridized carbons (Fsp3) is 0.850. The molecule has 0 bridgehead atoms. The number of hydrogen-bond donors (Lipinski definition) is 1. The van der Waals surface area contributed by atoms with Crippen molar-refractivity contribution in [3.8, 4) is 0 Å². The summed E-state index contributed by atoms with van der Waals surface area (Å²) in [4.78, 5) is 41.0. The molecule has 3 amide bonds. The van der Waals surface area contributed by atoms with Gasteiger partial charge < -0.3 is 5.32 Å².